The maximum Gasteiger partial charge on any atom is 0.104 e. The van der Waals surface area contributed by atoms with Crippen LogP contribution < -0.4 is 0 Å². The average Bonchev–Trinajstić information content (AvgIpc) is 2.68. The average molecular weight is 387 g/mol. The quantitative estimate of drug-likeness (QED) is 0.172. The summed E-state index contributed by atoms with van der Waals surface area (Å²) < 4.78 is 17.8. The van der Waals surface area contributed by atoms with Crippen LogP contribution >= 0.6 is 0 Å². The molecular formula is C24H50O3. The van der Waals surface area contributed by atoms with Crippen molar-refractivity contribution in [3.8, 4) is 0 Å². The Kier molecular flexibility index (Phi) is 23.8. The Balaban J connectivity index is 3.78. The third kappa shape index (κ3) is 22.0. The van der Waals surface area contributed by atoms with Crippen molar-refractivity contribution in [1.29, 1.82) is 0 Å². The van der Waals surface area contributed by atoms with Crippen LogP contribution in [0.5, 0.6) is 0 Å². The maximum absolute atomic E-state index is 6.06. The lowest BCUT2D eigenvalue weighted by Gasteiger charge is -2.18. The molecule has 0 N–H and O–H groups in total. The van der Waals surface area contributed by atoms with Crippen molar-refractivity contribution < 1.29 is 14.2 Å². The Morgan fingerprint density at radius 3 is 1.22 bits per heavy atom. The fraction of sp³-hybridized carbons (Fsp3) is 1.00. The number of unbranched alkanes of at least 4 members (excludes halogenated alkanes) is 12. The zero-order valence-electron chi connectivity index (χ0n) is 18.9. The van der Waals surface area contributed by atoms with Crippen LogP contribution in [-0.4, -0.2) is 39.1 Å². The second kappa shape index (κ2) is 23.9. The van der Waals surface area contributed by atoms with E-state index < -0.39 is 0 Å². The van der Waals surface area contributed by atoms with E-state index in [0.717, 1.165) is 26.2 Å². The molecule has 0 unspecified atom stereocenters. The van der Waals surface area contributed by atoms with E-state index in [1.165, 1.54) is 89.9 Å². The van der Waals surface area contributed by atoms with Gasteiger partial charge in [-0.15, -0.1) is 0 Å². The van der Waals surface area contributed by atoms with Gasteiger partial charge < -0.3 is 14.2 Å². The Hall–Kier alpha value is -0.120. The highest BCUT2D eigenvalue weighted by atomic mass is 16.6. The zero-order chi connectivity index (χ0) is 19.8. The van der Waals surface area contributed by atoms with Gasteiger partial charge in [0.1, 0.15) is 6.10 Å². The molecule has 0 aromatic heterocycles. The summed E-state index contributed by atoms with van der Waals surface area (Å²) in [6.45, 7) is 10.7. The summed E-state index contributed by atoms with van der Waals surface area (Å²) in [5, 5.41) is 0. The Morgan fingerprint density at radius 1 is 0.444 bits per heavy atom. The van der Waals surface area contributed by atoms with Crippen LogP contribution in [0.4, 0.5) is 0 Å². The van der Waals surface area contributed by atoms with Crippen LogP contribution in [0.1, 0.15) is 117 Å². The Bertz CT molecular complexity index is 240. The predicted octanol–water partition coefficient (Wildman–Crippen LogP) is 7.32. The highest BCUT2D eigenvalue weighted by molar-refractivity contribution is 4.57. The van der Waals surface area contributed by atoms with E-state index in [1.807, 2.05) is 0 Å². The standard InChI is InChI=1S/C24H50O3/c1-4-7-10-13-16-19-25-22-24(27-21-18-15-12-9-6-3)23-26-20-17-14-11-8-5-2/h24H,4-23H2,1-3H3. The summed E-state index contributed by atoms with van der Waals surface area (Å²) in [6, 6.07) is 0. The van der Waals surface area contributed by atoms with E-state index in [9.17, 15) is 0 Å². The van der Waals surface area contributed by atoms with Gasteiger partial charge in [0.05, 0.1) is 13.2 Å². The second-order valence-electron chi connectivity index (χ2n) is 7.89. The van der Waals surface area contributed by atoms with Gasteiger partial charge in [0, 0.05) is 19.8 Å². The minimum absolute atomic E-state index is 0.0995. The number of rotatable bonds is 23. The van der Waals surface area contributed by atoms with Crippen molar-refractivity contribution in [2.24, 2.45) is 0 Å². The van der Waals surface area contributed by atoms with E-state index in [-0.39, 0.29) is 6.10 Å². The Labute approximate surface area is 170 Å². The molecule has 164 valence electrons. The van der Waals surface area contributed by atoms with Gasteiger partial charge in [-0.05, 0) is 19.3 Å². The molecule has 27 heavy (non-hydrogen) atoms. The summed E-state index contributed by atoms with van der Waals surface area (Å²) in [4.78, 5) is 0. The summed E-state index contributed by atoms with van der Waals surface area (Å²) in [5.41, 5.74) is 0. The largest absolute Gasteiger partial charge is 0.379 e. The molecular weight excluding hydrogens is 336 g/mol. The van der Waals surface area contributed by atoms with Crippen molar-refractivity contribution in [3.05, 3.63) is 0 Å². The predicted molar refractivity (Wildman–Crippen MR) is 118 cm³/mol. The molecule has 0 amide bonds. The molecule has 0 heterocycles. The Morgan fingerprint density at radius 2 is 0.815 bits per heavy atom. The molecule has 0 spiro atoms. The van der Waals surface area contributed by atoms with Crippen molar-refractivity contribution in [1.82, 2.24) is 0 Å². The first-order valence-corrected chi connectivity index (χ1v) is 12.1. The molecule has 0 aliphatic rings. The highest BCUT2D eigenvalue weighted by Crippen LogP contribution is 2.07. The van der Waals surface area contributed by atoms with Gasteiger partial charge in [0.15, 0.2) is 0 Å². The van der Waals surface area contributed by atoms with Gasteiger partial charge >= 0.3 is 0 Å². The fourth-order valence-electron chi connectivity index (χ4n) is 3.14. The SMILES string of the molecule is CCCCCCCOCC(COCCCCCCC)OCCCCCCC. The smallest absolute Gasteiger partial charge is 0.104 e. The topological polar surface area (TPSA) is 27.7 Å². The summed E-state index contributed by atoms with van der Waals surface area (Å²) >= 11 is 0. The van der Waals surface area contributed by atoms with Gasteiger partial charge in [0.2, 0.25) is 0 Å². The van der Waals surface area contributed by atoms with Crippen molar-refractivity contribution in [2.75, 3.05) is 33.0 Å². The molecule has 0 aliphatic heterocycles. The van der Waals surface area contributed by atoms with Crippen LogP contribution in [-0.2, 0) is 14.2 Å². The molecule has 0 saturated carbocycles. The normalized spacial score (nSPS) is 11.6. The monoisotopic (exact) mass is 386 g/mol. The first kappa shape index (κ1) is 26.9. The summed E-state index contributed by atoms with van der Waals surface area (Å²) in [5.74, 6) is 0. The first-order valence-electron chi connectivity index (χ1n) is 12.1. The zero-order valence-corrected chi connectivity index (χ0v) is 18.9. The lowest BCUT2D eigenvalue weighted by Crippen LogP contribution is -2.26. The number of hydrogen-bond acceptors (Lipinski definition) is 3. The molecule has 0 radical (unpaired) electrons. The van der Waals surface area contributed by atoms with E-state index in [2.05, 4.69) is 20.8 Å². The summed E-state index contributed by atoms with van der Waals surface area (Å²) in [7, 11) is 0. The molecule has 0 fully saturated rings. The maximum atomic E-state index is 6.06. The minimum Gasteiger partial charge on any atom is -0.379 e. The molecule has 0 aliphatic carbocycles. The van der Waals surface area contributed by atoms with Crippen LogP contribution in [0, 0.1) is 0 Å². The summed E-state index contributed by atoms with van der Waals surface area (Å²) in [6.07, 6.45) is 19.3. The van der Waals surface area contributed by atoms with Gasteiger partial charge in [-0.25, -0.2) is 0 Å². The van der Waals surface area contributed by atoms with E-state index in [4.69, 9.17) is 14.2 Å². The molecule has 0 rings (SSSR count). The lowest BCUT2D eigenvalue weighted by atomic mass is 10.2. The van der Waals surface area contributed by atoms with E-state index >= 15 is 0 Å². The first-order chi connectivity index (χ1) is 13.3. The van der Waals surface area contributed by atoms with Crippen LogP contribution in [0.2, 0.25) is 0 Å². The number of ether oxygens (including phenoxy) is 3. The van der Waals surface area contributed by atoms with E-state index in [0.29, 0.717) is 13.2 Å². The number of hydrogen-bond donors (Lipinski definition) is 0. The third-order valence-corrected chi connectivity index (χ3v) is 4.99. The van der Waals surface area contributed by atoms with Crippen molar-refractivity contribution in [3.63, 3.8) is 0 Å². The highest BCUT2D eigenvalue weighted by Gasteiger charge is 2.10. The van der Waals surface area contributed by atoms with Crippen LogP contribution in [0.25, 0.3) is 0 Å². The van der Waals surface area contributed by atoms with E-state index in [1.54, 1.807) is 0 Å². The molecule has 3 heteroatoms. The second-order valence-corrected chi connectivity index (χ2v) is 7.89. The van der Waals surface area contributed by atoms with Gasteiger partial charge in [0.25, 0.3) is 0 Å². The van der Waals surface area contributed by atoms with Crippen LogP contribution in [0.3, 0.4) is 0 Å². The molecule has 3 nitrogen and oxygen atoms in total. The van der Waals surface area contributed by atoms with Gasteiger partial charge in [-0.2, -0.15) is 0 Å². The van der Waals surface area contributed by atoms with Crippen molar-refractivity contribution in [2.45, 2.75) is 123 Å². The van der Waals surface area contributed by atoms with Gasteiger partial charge in [-0.3, -0.25) is 0 Å². The molecule has 0 atom stereocenters. The van der Waals surface area contributed by atoms with Gasteiger partial charge in [-0.1, -0.05) is 97.8 Å². The van der Waals surface area contributed by atoms with Crippen LogP contribution in [0.15, 0.2) is 0 Å². The molecule has 0 bridgehead atoms. The third-order valence-electron chi connectivity index (χ3n) is 4.99. The lowest BCUT2D eigenvalue weighted by molar-refractivity contribution is -0.0616. The fourth-order valence-corrected chi connectivity index (χ4v) is 3.14. The molecule has 0 aromatic carbocycles. The molecule has 0 aromatic rings. The van der Waals surface area contributed by atoms with Crippen molar-refractivity contribution >= 4 is 0 Å². The molecule has 0 saturated heterocycles. The minimum atomic E-state index is 0.0995.